The lowest BCUT2D eigenvalue weighted by Crippen LogP contribution is -2.33. The van der Waals surface area contributed by atoms with E-state index >= 15 is 0 Å². The van der Waals surface area contributed by atoms with Crippen molar-refractivity contribution in [2.75, 3.05) is 4.90 Å². The molecule has 138 valence electrons. The molecule has 0 saturated heterocycles. The van der Waals surface area contributed by atoms with Crippen LogP contribution in [-0.4, -0.2) is 20.4 Å². The van der Waals surface area contributed by atoms with Crippen LogP contribution in [0.5, 0.6) is 5.75 Å². The van der Waals surface area contributed by atoms with Gasteiger partial charge in [-0.05, 0) is 69.0 Å². The molecule has 0 aliphatic carbocycles. The van der Waals surface area contributed by atoms with E-state index in [0.29, 0.717) is 12.2 Å². The number of carbonyl (C=O) groups is 1. The standard InChI is InChI=1S/C20H23NO4S/c1-12-8-13(2)20(14(3)9-12)25-26(23,24)18-6-7-19-17(11-18)10-15(4)21(19)16(5)22/h6-9,11,15H,10H2,1-5H3. The first-order valence-corrected chi connectivity index (χ1v) is 9.96. The number of benzene rings is 2. The van der Waals surface area contributed by atoms with Gasteiger partial charge >= 0.3 is 10.1 Å². The van der Waals surface area contributed by atoms with E-state index in [2.05, 4.69) is 0 Å². The van der Waals surface area contributed by atoms with Crippen LogP contribution in [0.1, 0.15) is 36.1 Å². The van der Waals surface area contributed by atoms with Crippen LogP contribution in [0.15, 0.2) is 35.2 Å². The van der Waals surface area contributed by atoms with Gasteiger partial charge in [0.2, 0.25) is 5.91 Å². The number of amides is 1. The molecule has 1 heterocycles. The summed E-state index contributed by atoms with van der Waals surface area (Å²) in [6, 6.07) is 8.61. The molecule has 1 amide bonds. The quantitative estimate of drug-likeness (QED) is 0.770. The van der Waals surface area contributed by atoms with Crippen molar-refractivity contribution >= 4 is 21.7 Å². The summed E-state index contributed by atoms with van der Waals surface area (Å²) >= 11 is 0. The highest BCUT2D eigenvalue weighted by Crippen LogP contribution is 2.35. The summed E-state index contributed by atoms with van der Waals surface area (Å²) in [4.78, 5) is 13.6. The van der Waals surface area contributed by atoms with E-state index in [0.717, 1.165) is 27.9 Å². The summed E-state index contributed by atoms with van der Waals surface area (Å²) in [7, 11) is -3.95. The molecule has 0 N–H and O–H groups in total. The Kier molecular flexibility index (Phi) is 4.56. The average Bonchev–Trinajstić information content (AvgIpc) is 2.85. The molecule has 0 saturated carbocycles. The Hall–Kier alpha value is -2.34. The topological polar surface area (TPSA) is 63.7 Å². The number of rotatable bonds is 3. The van der Waals surface area contributed by atoms with Gasteiger partial charge in [-0.2, -0.15) is 8.42 Å². The van der Waals surface area contributed by atoms with Crippen molar-refractivity contribution in [3.8, 4) is 5.75 Å². The Balaban J connectivity index is 1.98. The second-order valence-electron chi connectivity index (χ2n) is 7.00. The van der Waals surface area contributed by atoms with Gasteiger partial charge in [-0.3, -0.25) is 4.79 Å². The highest BCUT2D eigenvalue weighted by molar-refractivity contribution is 7.87. The number of anilines is 1. The maximum absolute atomic E-state index is 12.8. The molecule has 0 aromatic heterocycles. The molecule has 1 unspecified atom stereocenters. The Morgan fingerprint density at radius 1 is 1.12 bits per heavy atom. The predicted octanol–water partition coefficient (Wildman–Crippen LogP) is 3.68. The van der Waals surface area contributed by atoms with E-state index in [4.69, 9.17) is 4.18 Å². The molecule has 0 fully saturated rings. The van der Waals surface area contributed by atoms with Gasteiger partial charge in [0.1, 0.15) is 10.6 Å². The zero-order valence-corrected chi connectivity index (χ0v) is 16.5. The lowest BCUT2D eigenvalue weighted by molar-refractivity contribution is -0.116. The van der Waals surface area contributed by atoms with Crippen molar-refractivity contribution in [2.45, 2.75) is 52.0 Å². The first-order chi connectivity index (χ1) is 12.1. The highest BCUT2D eigenvalue weighted by Gasteiger charge is 2.30. The lowest BCUT2D eigenvalue weighted by Gasteiger charge is -2.20. The van der Waals surface area contributed by atoms with Crippen molar-refractivity contribution in [3.05, 3.63) is 52.6 Å². The molecule has 26 heavy (non-hydrogen) atoms. The first kappa shape index (κ1) is 18.5. The normalized spacial score (nSPS) is 16.5. The number of aryl methyl sites for hydroxylation is 3. The Morgan fingerprint density at radius 3 is 2.31 bits per heavy atom. The van der Waals surface area contributed by atoms with Crippen LogP contribution in [0.3, 0.4) is 0 Å². The van der Waals surface area contributed by atoms with E-state index in [1.54, 1.807) is 17.0 Å². The largest absolute Gasteiger partial charge is 0.378 e. The summed E-state index contributed by atoms with van der Waals surface area (Å²) in [5.41, 5.74) is 4.23. The van der Waals surface area contributed by atoms with Gasteiger partial charge in [-0.25, -0.2) is 0 Å². The monoisotopic (exact) mass is 373 g/mol. The van der Waals surface area contributed by atoms with Gasteiger partial charge in [0, 0.05) is 18.7 Å². The molecule has 1 aliphatic heterocycles. The Morgan fingerprint density at radius 2 is 1.73 bits per heavy atom. The molecule has 0 radical (unpaired) electrons. The van der Waals surface area contributed by atoms with Gasteiger partial charge < -0.3 is 9.08 Å². The molecule has 6 heteroatoms. The van der Waals surface area contributed by atoms with Crippen LogP contribution in [0.2, 0.25) is 0 Å². The molecular weight excluding hydrogens is 350 g/mol. The predicted molar refractivity (Wildman–Crippen MR) is 101 cm³/mol. The fourth-order valence-electron chi connectivity index (χ4n) is 3.70. The van der Waals surface area contributed by atoms with Crippen molar-refractivity contribution in [3.63, 3.8) is 0 Å². The van der Waals surface area contributed by atoms with Crippen LogP contribution in [0.25, 0.3) is 0 Å². The zero-order chi connectivity index (χ0) is 19.2. The second-order valence-corrected chi connectivity index (χ2v) is 8.54. The molecule has 1 atom stereocenters. The fourth-order valence-corrected chi connectivity index (χ4v) is 4.80. The van der Waals surface area contributed by atoms with Crippen molar-refractivity contribution in [1.82, 2.24) is 0 Å². The maximum atomic E-state index is 12.8. The lowest BCUT2D eigenvalue weighted by atomic mass is 10.1. The molecule has 5 nitrogen and oxygen atoms in total. The Labute approximate surface area is 154 Å². The van der Waals surface area contributed by atoms with Gasteiger partial charge in [-0.1, -0.05) is 17.7 Å². The van der Waals surface area contributed by atoms with Crippen LogP contribution in [0, 0.1) is 20.8 Å². The first-order valence-electron chi connectivity index (χ1n) is 8.55. The van der Waals surface area contributed by atoms with Crippen LogP contribution >= 0.6 is 0 Å². The second kappa shape index (κ2) is 6.43. The van der Waals surface area contributed by atoms with E-state index in [-0.39, 0.29) is 16.8 Å². The molecule has 0 bridgehead atoms. The van der Waals surface area contributed by atoms with Gasteiger partial charge in [0.25, 0.3) is 0 Å². The van der Waals surface area contributed by atoms with E-state index < -0.39 is 10.1 Å². The molecule has 1 aliphatic rings. The minimum Gasteiger partial charge on any atom is -0.378 e. The minimum atomic E-state index is -3.95. The number of hydrogen-bond donors (Lipinski definition) is 0. The van der Waals surface area contributed by atoms with Crippen LogP contribution < -0.4 is 9.08 Å². The van der Waals surface area contributed by atoms with Crippen LogP contribution in [-0.2, 0) is 21.3 Å². The number of carbonyl (C=O) groups excluding carboxylic acids is 1. The van der Waals surface area contributed by atoms with Crippen LogP contribution in [0.4, 0.5) is 5.69 Å². The number of nitrogens with zero attached hydrogens (tertiary/aromatic N) is 1. The van der Waals surface area contributed by atoms with Gasteiger partial charge in [0.15, 0.2) is 0 Å². The summed E-state index contributed by atoms with van der Waals surface area (Å²) in [6.07, 6.45) is 0.626. The van der Waals surface area contributed by atoms with Gasteiger partial charge in [0.05, 0.1) is 0 Å². The third-order valence-electron chi connectivity index (χ3n) is 4.69. The van der Waals surface area contributed by atoms with E-state index in [1.165, 1.54) is 13.0 Å². The molecule has 3 rings (SSSR count). The molecular formula is C20H23NO4S. The number of hydrogen-bond acceptors (Lipinski definition) is 4. The van der Waals surface area contributed by atoms with E-state index in [1.807, 2.05) is 39.8 Å². The fraction of sp³-hybridized carbons (Fsp3) is 0.350. The third kappa shape index (κ3) is 3.21. The summed E-state index contributed by atoms with van der Waals surface area (Å²) in [5, 5.41) is 0. The van der Waals surface area contributed by atoms with Crippen molar-refractivity contribution < 1.29 is 17.4 Å². The highest BCUT2D eigenvalue weighted by atomic mass is 32.2. The summed E-state index contributed by atoms with van der Waals surface area (Å²) in [5.74, 6) is 0.323. The third-order valence-corrected chi connectivity index (χ3v) is 5.91. The maximum Gasteiger partial charge on any atom is 0.339 e. The smallest absolute Gasteiger partial charge is 0.339 e. The Bertz CT molecular complexity index is 972. The summed E-state index contributed by atoms with van der Waals surface area (Å²) < 4.78 is 31.0. The van der Waals surface area contributed by atoms with Gasteiger partial charge in [-0.15, -0.1) is 0 Å². The minimum absolute atomic E-state index is 0.0166. The average molecular weight is 373 g/mol. The number of fused-ring (bicyclic) bond motifs is 1. The van der Waals surface area contributed by atoms with Crippen molar-refractivity contribution in [1.29, 1.82) is 0 Å². The summed E-state index contributed by atoms with van der Waals surface area (Å²) in [6.45, 7) is 9.09. The molecule has 2 aromatic carbocycles. The van der Waals surface area contributed by atoms with Crippen molar-refractivity contribution in [2.24, 2.45) is 0 Å². The molecule has 0 spiro atoms. The molecule has 2 aromatic rings. The zero-order valence-electron chi connectivity index (χ0n) is 15.7. The SMILES string of the molecule is CC(=O)N1c2ccc(S(=O)(=O)Oc3c(C)cc(C)cc3C)cc2CC1C. The van der Waals surface area contributed by atoms with E-state index in [9.17, 15) is 13.2 Å².